The summed E-state index contributed by atoms with van der Waals surface area (Å²) in [6.07, 6.45) is 0.773. The van der Waals surface area contributed by atoms with E-state index < -0.39 is 0 Å². The standard InChI is InChI=1S/C26H33O2/c1-16-11-9-12-17(2)21(16)24(27)23(20(5)15-26(6,7)8)25(28)22-18(3)13-10-14-19(22)4/h9-14,20H,15H2,1-8H3. The van der Waals surface area contributed by atoms with Gasteiger partial charge in [0, 0.05) is 11.1 Å². The first kappa shape index (κ1) is 22.1. The summed E-state index contributed by atoms with van der Waals surface area (Å²) in [4.78, 5) is 27.4. The van der Waals surface area contributed by atoms with Gasteiger partial charge >= 0.3 is 0 Å². The highest BCUT2D eigenvalue weighted by Crippen LogP contribution is 2.35. The van der Waals surface area contributed by atoms with Gasteiger partial charge in [-0.1, -0.05) is 64.1 Å². The van der Waals surface area contributed by atoms with Crippen molar-refractivity contribution in [1.82, 2.24) is 0 Å². The molecule has 0 aromatic heterocycles. The largest absolute Gasteiger partial charge is 0.293 e. The van der Waals surface area contributed by atoms with Crippen LogP contribution in [0.5, 0.6) is 0 Å². The molecule has 0 saturated carbocycles. The fourth-order valence-electron chi connectivity index (χ4n) is 4.19. The molecular weight excluding hydrogens is 344 g/mol. The van der Waals surface area contributed by atoms with Crippen LogP contribution in [-0.2, 0) is 0 Å². The zero-order valence-corrected chi connectivity index (χ0v) is 18.6. The highest BCUT2D eigenvalue weighted by atomic mass is 16.2. The highest BCUT2D eigenvalue weighted by molar-refractivity contribution is 6.29. The summed E-state index contributed by atoms with van der Waals surface area (Å²) in [6.45, 7) is 16.2. The Morgan fingerprint density at radius 3 is 1.36 bits per heavy atom. The Morgan fingerprint density at radius 2 is 1.07 bits per heavy atom. The van der Waals surface area contributed by atoms with Gasteiger partial charge in [0.15, 0.2) is 11.6 Å². The monoisotopic (exact) mass is 377 g/mol. The minimum Gasteiger partial charge on any atom is -0.293 e. The third-order valence-electron chi connectivity index (χ3n) is 5.32. The summed E-state index contributed by atoms with van der Waals surface area (Å²) in [7, 11) is 0. The molecule has 2 nitrogen and oxygen atoms in total. The Labute approximate surface area is 170 Å². The molecular formula is C26H33O2. The topological polar surface area (TPSA) is 34.1 Å². The first-order chi connectivity index (χ1) is 12.9. The molecule has 1 unspecified atom stereocenters. The van der Waals surface area contributed by atoms with Crippen LogP contribution in [-0.4, -0.2) is 11.6 Å². The molecule has 0 aliphatic heterocycles. The van der Waals surface area contributed by atoms with E-state index in [1.165, 1.54) is 0 Å². The molecule has 0 aliphatic carbocycles. The van der Waals surface area contributed by atoms with E-state index in [0.29, 0.717) is 17.0 Å². The van der Waals surface area contributed by atoms with Crippen LogP contribution in [0.4, 0.5) is 0 Å². The Bertz CT molecular complexity index is 780. The van der Waals surface area contributed by atoms with Gasteiger partial charge in [-0.15, -0.1) is 0 Å². The zero-order valence-electron chi connectivity index (χ0n) is 18.6. The Morgan fingerprint density at radius 1 is 0.750 bits per heavy atom. The summed E-state index contributed by atoms with van der Waals surface area (Å²) >= 11 is 0. The number of aryl methyl sites for hydroxylation is 4. The van der Waals surface area contributed by atoms with Crippen molar-refractivity contribution in [2.75, 3.05) is 0 Å². The predicted octanol–water partition coefficient (Wildman–Crippen LogP) is 6.63. The smallest absolute Gasteiger partial charge is 0.179 e. The number of ketones is 2. The van der Waals surface area contributed by atoms with Crippen molar-refractivity contribution in [1.29, 1.82) is 0 Å². The van der Waals surface area contributed by atoms with Crippen LogP contribution >= 0.6 is 0 Å². The molecule has 1 atom stereocenters. The minimum absolute atomic E-state index is 0.0206. The van der Waals surface area contributed by atoms with Crippen LogP contribution < -0.4 is 0 Å². The fourth-order valence-corrected chi connectivity index (χ4v) is 4.19. The lowest BCUT2D eigenvalue weighted by atomic mass is 9.72. The van der Waals surface area contributed by atoms with Crippen LogP contribution in [0, 0.1) is 44.9 Å². The maximum Gasteiger partial charge on any atom is 0.179 e. The molecule has 2 heteroatoms. The van der Waals surface area contributed by atoms with Gasteiger partial charge in [0.1, 0.15) is 5.92 Å². The van der Waals surface area contributed by atoms with Crippen LogP contribution in [0.15, 0.2) is 36.4 Å². The van der Waals surface area contributed by atoms with Crippen molar-refractivity contribution < 1.29 is 9.59 Å². The lowest BCUT2D eigenvalue weighted by Crippen LogP contribution is -2.32. The van der Waals surface area contributed by atoms with E-state index in [1.807, 2.05) is 71.0 Å². The summed E-state index contributed by atoms with van der Waals surface area (Å²) in [5.74, 6) is 0.0303. The van der Waals surface area contributed by atoms with Crippen LogP contribution in [0.3, 0.4) is 0 Å². The maximum atomic E-state index is 13.7. The lowest BCUT2D eigenvalue weighted by Gasteiger charge is -2.29. The number of hydrogen-bond acceptors (Lipinski definition) is 2. The molecule has 0 amide bonds. The Hall–Kier alpha value is -2.22. The van der Waals surface area contributed by atoms with E-state index in [0.717, 1.165) is 28.7 Å². The van der Waals surface area contributed by atoms with Crippen molar-refractivity contribution >= 4 is 11.6 Å². The van der Waals surface area contributed by atoms with E-state index in [4.69, 9.17) is 0 Å². The summed E-state index contributed by atoms with van der Waals surface area (Å²) in [5.41, 5.74) is 5.02. The number of hydrogen-bond donors (Lipinski definition) is 0. The molecule has 2 rings (SSSR count). The highest BCUT2D eigenvalue weighted by Gasteiger charge is 2.38. The molecule has 0 heterocycles. The van der Waals surface area contributed by atoms with Crippen molar-refractivity contribution in [3.05, 3.63) is 75.7 Å². The molecule has 2 aromatic rings. The summed E-state index contributed by atoms with van der Waals surface area (Å²) in [6, 6.07) is 11.7. The number of rotatable bonds is 6. The van der Waals surface area contributed by atoms with Gasteiger partial charge in [-0.3, -0.25) is 9.59 Å². The van der Waals surface area contributed by atoms with E-state index in [1.54, 1.807) is 0 Å². The zero-order chi connectivity index (χ0) is 21.2. The number of carbonyl (C=O) groups excluding carboxylic acids is 2. The van der Waals surface area contributed by atoms with Gasteiger partial charge in [0.2, 0.25) is 0 Å². The van der Waals surface area contributed by atoms with Gasteiger partial charge in [-0.25, -0.2) is 0 Å². The van der Waals surface area contributed by atoms with Crippen molar-refractivity contribution in [2.45, 2.75) is 61.8 Å². The van der Waals surface area contributed by atoms with Crippen molar-refractivity contribution in [2.24, 2.45) is 11.3 Å². The normalized spacial score (nSPS) is 12.9. The molecule has 0 aliphatic rings. The van der Waals surface area contributed by atoms with Crippen LogP contribution in [0.25, 0.3) is 0 Å². The number of Topliss-reactive ketones (excluding diaryl/α,β-unsaturated/α-hetero) is 2. The molecule has 0 spiro atoms. The van der Waals surface area contributed by atoms with E-state index in [-0.39, 0.29) is 22.9 Å². The van der Waals surface area contributed by atoms with Crippen molar-refractivity contribution in [3.8, 4) is 0 Å². The summed E-state index contributed by atoms with van der Waals surface area (Å²) in [5, 5.41) is 0. The van der Waals surface area contributed by atoms with Gasteiger partial charge in [0.25, 0.3) is 0 Å². The second kappa shape index (κ2) is 8.43. The fraction of sp³-hybridized carbons (Fsp3) is 0.423. The third-order valence-corrected chi connectivity index (χ3v) is 5.32. The number of carbonyl (C=O) groups is 2. The average molecular weight is 378 g/mol. The number of benzene rings is 2. The Balaban J connectivity index is 2.60. The summed E-state index contributed by atoms with van der Waals surface area (Å²) < 4.78 is 0. The minimum atomic E-state index is -0.127. The second-order valence-corrected chi connectivity index (χ2v) is 9.27. The first-order valence-corrected chi connectivity index (χ1v) is 10.0. The van der Waals surface area contributed by atoms with E-state index in [9.17, 15) is 9.59 Å². The Kier molecular flexibility index (Phi) is 6.64. The average Bonchev–Trinajstić information content (AvgIpc) is 2.52. The first-order valence-electron chi connectivity index (χ1n) is 10.0. The molecule has 2 aromatic carbocycles. The molecule has 0 fully saturated rings. The molecule has 149 valence electrons. The SMILES string of the molecule is Cc1cccc(C)c1C(=O)[C](C(=O)c1c(C)cccc1C)C(C)CC(C)(C)C. The second-order valence-electron chi connectivity index (χ2n) is 9.27. The predicted molar refractivity (Wildman–Crippen MR) is 117 cm³/mol. The van der Waals surface area contributed by atoms with E-state index >= 15 is 0 Å². The molecule has 0 N–H and O–H groups in total. The lowest BCUT2D eigenvalue weighted by molar-refractivity contribution is 0.0888. The maximum absolute atomic E-state index is 13.7. The molecule has 1 radical (unpaired) electrons. The molecule has 0 saturated heterocycles. The van der Waals surface area contributed by atoms with Gasteiger partial charge in [-0.2, -0.15) is 0 Å². The third kappa shape index (κ3) is 4.79. The van der Waals surface area contributed by atoms with Gasteiger partial charge < -0.3 is 0 Å². The molecule has 28 heavy (non-hydrogen) atoms. The van der Waals surface area contributed by atoms with Gasteiger partial charge in [0.05, 0.1) is 0 Å². The van der Waals surface area contributed by atoms with Crippen LogP contribution in [0.2, 0.25) is 0 Å². The van der Waals surface area contributed by atoms with E-state index in [2.05, 4.69) is 20.8 Å². The quantitative estimate of drug-likeness (QED) is 0.418. The van der Waals surface area contributed by atoms with Crippen molar-refractivity contribution in [3.63, 3.8) is 0 Å². The van der Waals surface area contributed by atoms with Gasteiger partial charge in [-0.05, 0) is 67.7 Å². The van der Waals surface area contributed by atoms with Crippen LogP contribution in [0.1, 0.15) is 77.1 Å². The molecule has 0 bridgehead atoms.